The molecule has 0 aliphatic carbocycles. The summed E-state index contributed by atoms with van der Waals surface area (Å²) in [7, 11) is 0. The van der Waals surface area contributed by atoms with Crippen molar-refractivity contribution >= 4 is 38.8 Å². The average Bonchev–Trinajstić information content (AvgIpc) is 2.86. The van der Waals surface area contributed by atoms with E-state index in [2.05, 4.69) is 21.2 Å². The largest absolute Gasteiger partial charge is 0.423 e. The fourth-order valence-electron chi connectivity index (χ4n) is 3.31. The first-order valence-corrected chi connectivity index (χ1v) is 9.10. The number of urea groups is 1. The van der Waals surface area contributed by atoms with Crippen LogP contribution in [0.4, 0.5) is 4.79 Å². The number of carbonyl (C=O) groups is 2. The van der Waals surface area contributed by atoms with Crippen molar-refractivity contribution in [3.05, 3.63) is 80.6 Å². The second kappa shape index (κ2) is 6.35. The van der Waals surface area contributed by atoms with Crippen LogP contribution in [0.3, 0.4) is 0 Å². The molecule has 1 fully saturated rings. The third-order valence-electron chi connectivity index (χ3n) is 4.75. The van der Waals surface area contributed by atoms with Crippen LogP contribution in [-0.4, -0.2) is 16.8 Å². The summed E-state index contributed by atoms with van der Waals surface area (Å²) in [6, 6.07) is 15.2. The van der Waals surface area contributed by atoms with Crippen LogP contribution in [0.15, 0.2) is 68.3 Å². The molecule has 0 radical (unpaired) electrons. The van der Waals surface area contributed by atoms with E-state index in [9.17, 15) is 14.4 Å². The van der Waals surface area contributed by atoms with E-state index >= 15 is 0 Å². The maximum atomic E-state index is 13.1. The molecule has 136 valence electrons. The molecule has 1 aromatic heterocycles. The van der Waals surface area contributed by atoms with Gasteiger partial charge in [0.1, 0.15) is 11.1 Å². The monoisotopic (exact) mass is 426 g/mol. The Morgan fingerprint density at radius 1 is 1.07 bits per heavy atom. The van der Waals surface area contributed by atoms with Gasteiger partial charge in [-0.3, -0.25) is 9.69 Å². The van der Waals surface area contributed by atoms with Crippen molar-refractivity contribution in [2.24, 2.45) is 0 Å². The zero-order valence-electron chi connectivity index (χ0n) is 14.4. The number of carbonyl (C=O) groups excluding carboxylic acids is 2. The number of amides is 3. The van der Waals surface area contributed by atoms with E-state index in [1.54, 1.807) is 31.2 Å². The number of nitrogens with zero attached hydrogens (tertiary/aromatic N) is 1. The Hall–Kier alpha value is -2.93. The minimum absolute atomic E-state index is 0.0170. The van der Waals surface area contributed by atoms with Crippen molar-refractivity contribution in [3.8, 4) is 0 Å². The standard InChI is InChI=1S/C20H15BrN2O4/c1-20(13-5-3-2-4-6-13)18(25)23(19(26)22-20)11-12-9-17(24)27-16-10-14(21)7-8-15(12)16/h2-10H,11H2,1H3,(H,22,26). The molecule has 0 spiro atoms. The van der Waals surface area contributed by atoms with Gasteiger partial charge < -0.3 is 9.73 Å². The van der Waals surface area contributed by atoms with Crippen molar-refractivity contribution in [2.45, 2.75) is 19.0 Å². The predicted octanol–water partition coefficient (Wildman–Crippen LogP) is 3.52. The molecule has 2 aromatic carbocycles. The van der Waals surface area contributed by atoms with E-state index in [0.717, 1.165) is 9.37 Å². The second-order valence-electron chi connectivity index (χ2n) is 6.54. The number of rotatable bonds is 3. The molecule has 7 heteroatoms. The average molecular weight is 427 g/mol. The third kappa shape index (κ3) is 2.94. The number of imide groups is 1. The van der Waals surface area contributed by atoms with Gasteiger partial charge in [-0.15, -0.1) is 0 Å². The van der Waals surface area contributed by atoms with Crippen molar-refractivity contribution in [3.63, 3.8) is 0 Å². The maximum Gasteiger partial charge on any atom is 0.336 e. The van der Waals surface area contributed by atoms with Gasteiger partial charge in [0.15, 0.2) is 0 Å². The van der Waals surface area contributed by atoms with E-state index in [0.29, 0.717) is 22.1 Å². The molecule has 1 aliphatic rings. The van der Waals surface area contributed by atoms with Gasteiger partial charge in [-0.25, -0.2) is 9.59 Å². The van der Waals surface area contributed by atoms with Gasteiger partial charge in [0.2, 0.25) is 0 Å². The Balaban J connectivity index is 1.74. The zero-order valence-corrected chi connectivity index (χ0v) is 15.9. The number of halogens is 1. The molecule has 6 nitrogen and oxygen atoms in total. The normalized spacial score (nSPS) is 19.6. The van der Waals surface area contributed by atoms with Crippen LogP contribution in [-0.2, 0) is 16.9 Å². The van der Waals surface area contributed by atoms with Crippen LogP contribution in [0.1, 0.15) is 18.1 Å². The first-order valence-electron chi connectivity index (χ1n) is 8.30. The Kier molecular flexibility index (Phi) is 4.11. The SMILES string of the molecule is CC1(c2ccccc2)NC(=O)N(Cc2cc(=O)oc3cc(Br)ccc23)C1=O. The van der Waals surface area contributed by atoms with Gasteiger partial charge in [0.25, 0.3) is 5.91 Å². The predicted molar refractivity (Wildman–Crippen MR) is 103 cm³/mol. The lowest BCUT2D eigenvalue weighted by Crippen LogP contribution is -2.40. The number of hydrogen-bond acceptors (Lipinski definition) is 4. The van der Waals surface area contributed by atoms with E-state index in [1.807, 2.05) is 24.3 Å². The minimum atomic E-state index is -1.14. The van der Waals surface area contributed by atoms with Gasteiger partial charge in [-0.2, -0.15) is 0 Å². The highest BCUT2D eigenvalue weighted by Crippen LogP contribution is 2.30. The van der Waals surface area contributed by atoms with E-state index in [4.69, 9.17) is 4.42 Å². The number of nitrogens with one attached hydrogen (secondary N) is 1. The highest BCUT2D eigenvalue weighted by molar-refractivity contribution is 9.10. The molecule has 0 bridgehead atoms. The van der Waals surface area contributed by atoms with E-state index < -0.39 is 17.2 Å². The Morgan fingerprint density at radius 3 is 2.56 bits per heavy atom. The van der Waals surface area contributed by atoms with E-state index in [-0.39, 0.29) is 12.5 Å². The fraction of sp³-hybridized carbons (Fsp3) is 0.150. The molecule has 27 heavy (non-hydrogen) atoms. The van der Waals surface area contributed by atoms with Crippen LogP contribution in [0.5, 0.6) is 0 Å². The zero-order chi connectivity index (χ0) is 19.2. The van der Waals surface area contributed by atoms with E-state index in [1.165, 1.54) is 6.07 Å². The van der Waals surface area contributed by atoms with Crippen LogP contribution >= 0.6 is 15.9 Å². The number of benzene rings is 2. The molecule has 4 rings (SSSR count). The van der Waals surface area contributed by atoms with Crippen LogP contribution in [0, 0.1) is 0 Å². The smallest absolute Gasteiger partial charge is 0.336 e. The summed E-state index contributed by atoms with van der Waals surface area (Å²) in [6.45, 7) is 1.66. The molecule has 1 atom stereocenters. The molecule has 1 N–H and O–H groups in total. The first kappa shape index (κ1) is 17.5. The van der Waals surface area contributed by atoms with Crippen molar-refractivity contribution < 1.29 is 14.0 Å². The summed E-state index contributed by atoms with van der Waals surface area (Å²) in [5.41, 5.74) is -0.0311. The van der Waals surface area contributed by atoms with Gasteiger partial charge in [-0.1, -0.05) is 46.3 Å². The minimum Gasteiger partial charge on any atom is -0.423 e. The van der Waals surface area contributed by atoms with Crippen molar-refractivity contribution in [1.29, 1.82) is 0 Å². The third-order valence-corrected chi connectivity index (χ3v) is 5.24. The summed E-state index contributed by atoms with van der Waals surface area (Å²) in [4.78, 5) is 38.6. The van der Waals surface area contributed by atoms with Crippen LogP contribution in [0.25, 0.3) is 11.0 Å². The molecule has 1 unspecified atom stereocenters. The highest BCUT2D eigenvalue weighted by atomic mass is 79.9. The molecule has 2 heterocycles. The Bertz CT molecular complexity index is 1130. The lowest BCUT2D eigenvalue weighted by molar-refractivity contribution is -0.131. The van der Waals surface area contributed by atoms with Crippen LogP contribution < -0.4 is 10.9 Å². The van der Waals surface area contributed by atoms with Crippen molar-refractivity contribution in [1.82, 2.24) is 10.2 Å². The summed E-state index contributed by atoms with van der Waals surface area (Å²) >= 11 is 3.34. The fourth-order valence-corrected chi connectivity index (χ4v) is 3.65. The molecule has 1 aliphatic heterocycles. The van der Waals surface area contributed by atoms with Gasteiger partial charge in [-0.05, 0) is 36.2 Å². The molecule has 3 amide bonds. The maximum absolute atomic E-state index is 13.1. The summed E-state index contributed by atoms with van der Waals surface area (Å²) < 4.78 is 5.99. The van der Waals surface area contributed by atoms with Crippen LogP contribution in [0.2, 0.25) is 0 Å². The topological polar surface area (TPSA) is 79.6 Å². The molecule has 0 saturated carbocycles. The summed E-state index contributed by atoms with van der Waals surface area (Å²) in [5, 5.41) is 3.44. The molecular formula is C20H15BrN2O4. The quantitative estimate of drug-likeness (QED) is 0.513. The lowest BCUT2D eigenvalue weighted by atomic mass is 9.92. The van der Waals surface area contributed by atoms with Gasteiger partial charge in [0, 0.05) is 15.9 Å². The molecular weight excluding hydrogens is 412 g/mol. The summed E-state index contributed by atoms with van der Waals surface area (Å²) in [5.74, 6) is -0.364. The Morgan fingerprint density at radius 2 is 1.81 bits per heavy atom. The number of hydrogen-bond donors (Lipinski definition) is 1. The first-order chi connectivity index (χ1) is 12.9. The molecule has 1 saturated heterocycles. The summed E-state index contributed by atoms with van der Waals surface area (Å²) in [6.07, 6.45) is 0. The highest BCUT2D eigenvalue weighted by Gasteiger charge is 2.48. The van der Waals surface area contributed by atoms with Crippen molar-refractivity contribution in [2.75, 3.05) is 0 Å². The van der Waals surface area contributed by atoms with Gasteiger partial charge in [0.05, 0.1) is 6.54 Å². The second-order valence-corrected chi connectivity index (χ2v) is 7.46. The van der Waals surface area contributed by atoms with Gasteiger partial charge >= 0.3 is 11.7 Å². The Labute approximate surface area is 162 Å². The molecule has 3 aromatic rings. The lowest BCUT2D eigenvalue weighted by Gasteiger charge is -2.22. The number of fused-ring (bicyclic) bond motifs is 1.